The van der Waals surface area contributed by atoms with Gasteiger partial charge in [0.15, 0.2) is 0 Å². The molecule has 142 valence electrons. The summed E-state index contributed by atoms with van der Waals surface area (Å²) in [5.74, 6) is 0.885. The minimum absolute atomic E-state index is 0.0824. The van der Waals surface area contributed by atoms with E-state index in [9.17, 15) is 4.79 Å². The first-order chi connectivity index (χ1) is 12.5. The number of piperazine rings is 1. The quantitative estimate of drug-likeness (QED) is 0.814. The summed E-state index contributed by atoms with van der Waals surface area (Å²) in [7, 11) is 1.64. The lowest BCUT2D eigenvalue weighted by atomic mass is 9.81. The largest absolute Gasteiger partial charge is 0.497 e. The molecule has 3 saturated heterocycles. The number of likely N-dealkylation sites (tertiary alicyclic amines) is 1. The molecule has 1 aromatic rings. The van der Waals surface area contributed by atoms with Gasteiger partial charge in [-0.25, -0.2) is 0 Å². The van der Waals surface area contributed by atoms with E-state index in [-0.39, 0.29) is 11.4 Å². The monoisotopic (exact) mass is 359 g/mol. The van der Waals surface area contributed by atoms with Gasteiger partial charge in [0.2, 0.25) is 0 Å². The van der Waals surface area contributed by atoms with Gasteiger partial charge in [-0.1, -0.05) is 0 Å². The average molecular weight is 359 g/mol. The molecule has 6 heteroatoms. The van der Waals surface area contributed by atoms with Crippen LogP contribution in [0.2, 0.25) is 0 Å². The van der Waals surface area contributed by atoms with Crippen LogP contribution in [-0.2, 0) is 4.74 Å². The van der Waals surface area contributed by atoms with Crippen molar-refractivity contribution in [3.8, 4) is 5.75 Å². The molecule has 1 aromatic carbocycles. The third-order valence-electron chi connectivity index (χ3n) is 6.10. The van der Waals surface area contributed by atoms with Gasteiger partial charge in [-0.05, 0) is 38.1 Å². The number of rotatable bonds is 3. The van der Waals surface area contributed by atoms with Crippen LogP contribution in [0.25, 0.3) is 0 Å². The van der Waals surface area contributed by atoms with Crippen LogP contribution in [0.1, 0.15) is 24.2 Å². The summed E-state index contributed by atoms with van der Waals surface area (Å²) in [4.78, 5) is 20.3. The lowest BCUT2D eigenvalue weighted by molar-refractivity contribution is -0.163. The first-order valence-electron chi connectivity index (χ1n) is 9.54. The van der Waals surface area contributed by atoms with E-state index in [1.807, 2.05) is 29.2 Å². The van der Waals surface area contributed by atoms with Gasteiger partial charge in [0.05, 0.1) is 31.9 Å². The Morgan fingerprint density at radius 3 is 2.62 bits per heavy atom. The van der Waals surface area contributed by atoms with Gasteiger partial charge in [-0.2, -0.15) is 0 Å². The summed E-state index contributed by atoms with van der Waals surface area (Å²) in [6, 6.07) is 8.28. The molecule has 3 aliphatic heterocycles. The molecule has 0 radical (unpaired) electrons. The molecule has 0 aliphatic carbocycles. The van der Waals surface area contributed by atoms with Gasteiger partial charge in [0.25, 0.3) is 5.91 Å². The molecule has 0 bridgehead atoms. The highest BCUT2D eigenvalue weighted by Gasteiger charge is 2.55. The second kappa shape index (κ2) is 6.83. The van der Waals surface area contributed by atoms with Crippen molar-refractivity contribution in [3.63, 3.8) is 0 Å². The Morgan fingerprint density at radius 1 is 1.23 bits per heavy atom. The van der Waals surface area contributed by atoms with E-state index in [0.29, 0.717) is 12.1 Å². The molecule has 4 rings (SSSR count). The van der Waals surface area contributed by atoms with Gasteiger partial charge >= 0.3 is 0 Å². The third-order valence-corrected chi connectivity index (χ3v) is 6.10. The highest BCUT2D eigenvalue weighted by molar-refractivity contribution is 5.94. The van der Waals surface area contributed by atoms with Gasteiger partial charge in [-0.15, -0.1) is 0 Å². The molecule has 1 amide bonds. The molecule has 3 heterocycles. The fourth-order valence-electron chi connectivity index (χ4n) is 4.62. The van der Waals surface area contributed by atoms with E-state index in [2.05, 4.69) is 23.6 Å². The zero-order chi connectivity index (χ0) is 18.3. The maximum absolute atomic E-state index is 13.1. The lowest BCUT2D eigenvalue weighted by Crippen LogP contribution is -2.81. The van der Waals surface area contributed by atoms with Crippen molar-refractivity contribution < 1.29 is 14.3 Å². The van der Waals surface area contributed by atoms with Crippen molar-refractivity contribution in [2.24, 2.45) is 0 Å². The molecule has 3 aliphatic rings. The van der Waals surface area contributed by atoms with Crippen LogP contribution >= 0.6 is 0 Å². The van der Waals surface area contributed by atoms with Gasteiger partial charge in [0, 0.05) is 44.3 Å². The molecule has 6 nitrogen and oxygen atoms in total. The van der Waals surface area contributed by atoms with Crippen molar-refractivity contribution >= 4 is 5.91 Å². The maximum atomic E-state index is 13.1. The highest BCUT2D eigenvalue weighted by Crippen LogP contribution is 2.37. The Balaban J connectivity index is 1.54. The molecule has 3 fully saturated rings. The van der Waals surface area contributed by atoms with Crippen molar-refractivity contribution in [3.05, 3.63) is 29.8 Å². The van der Waals surface area contributed by atoms with E-state index in [1.54, 1.807) is 7.11 Å². The molecule has 26 heavy (non-hydrogen) atoms. The lowest BCUT2D eigenvalue weighted by Gasteiger charge is -2.64. The summed E-state index contributed by atoms with van der Waals surface area (Å²) in [5.41, 5.74) is 0.810. The number of fused-ring (bicyclic) bond motifs is 2. The molecule has 0 aromatic heterocycles. The number of benzene rings is 1. The summed E-state index contributed by atoms with van der Waals surface area (Å²) < 4.78 is 10.9. The average Bonchev–Trinajstić information content (AvgIpc) is 2.64. The number of hydrogen-bond donors (Lipinski definition) is 0. The van der Waals surface area contributed by atoms with Gasteiger partial charge in [-0.3, -0.25) is 14.6 Å². The predicted octanol–water partition coefficient (Wildman–Crippen LogP) is 1.31. The molecular formula is C20H29N3O3. The zero-order valence-electron chi connectivity index (χ0n) is 16.0. The minimum Gasteiger partial charge on any atom is -0.497 e. The highest BCUT2D eigenvalue weighted by atomic mass is 16.5. The van der Waals surface area contributed by atoms with Gasteiger partial charge in [0.1, 0.15) is 5.75 Å². The number of amides is 1. The SMILES string of the molecule is COc1ccc(C(=O)N2C[C@@H]3COCCN3C3(C2)CN(C(C)C)C3)cc1. The molecule has 0 saturated carbocycles. The Bertz CT molecular complexity index is 655. The Kier molecular flexibility index (Phi) is 4.67. The number of carbonyl (C=O) groups is 1. The van der Waals surface area contributed by atoms with Crippen molar-refractivity contribution in [2.75, 3.05) is 53.0 Å². The standard InChI is InChI=1S/C20H29N3O3/c1-15(2)22-13-20(14-22)12-21(10-17-11-26-9-8-23(17)20)19(24)16-4-6-18(25-3)7-5-16/h4-7,15,17H,8-14H2,1-3H3/t17-/m1/s1. The Labute approximate surface area is 155 Å². The van der Waals surface area contributed by atoms with Crippen LogP contribution < -0.4 is 4.74 Å². The molecule has 1 spiro atoms. The topological polar surface area (TPSA) is 45.2 Å². The van der Waals surface area contributed by atoms with Crippen LogP contribution in [0.4, 0.5) is 0 Å². The smallest absolute Gasteiger partial charge is 0.253 e. The number of nitrogens with zero attached hydrogens (tertiary/aromatic N) is 3. The summed E-state index contributed by atoms with van der Waals surface area (Å²) in [5, 5.41) is 0. The Morgan fingerprint density at radius 2 is 1.96 bits per heavy atom. The van der Waals surface area contributed by atoms with E-state index >= 15 is 0 Å². The number of ether oxygens (including phenoxy) is 2. The summed E-state index contributed by atoms with van der Waals surface area (Å²) in [6.45, 7) is 10.6. The maximum Gasteiger partial charge on any atom is 0.253 e. The first kappa shape index (κ1) is 17.8. The second-order valence-electron chi connectivity index (χ2n) is 8.06. The van der Waals surface area contributed by atoms with Crippen LogP contribution in [0.5, 0.6) is 5.75 Å². The fourth-order valence-corrected chi connectivity index (χ4v) is 4.62. The second-order valence-corrected chi connectivity index (χ2v) is 8.06. The van der Waals surface area contributed by atoms with E-state index in [1.165, 1.54) is 0 Å². The number of methoxy groups -OCH3 is 1. The normalized spacial score (nSPS) is 25.8. The molecule has 0 unspecified atom stereocenters. The summed E-state index contributed by atoms with van der Waals surface area (Å²) >= 11 is 0. The third kappa shape index (κ3) is 3.00. The number of carbonyl (C=O) groups excluding carboxylic acids is 1. The molecular weight excluding hydrogens is 330 g/mol. The van der Waals surface area contributed by atoms with Crippen molar-refractivity contribution in [1.29, 1.82) is 0 Å². The van der Waals surface area contributed by atoms with Crippen molar-refractivity contribution in [2.45, 2.75) is 31.5 Å². The van der Waals surface area contributed by atoms with Crippen molar-refractivity contribution in [1.82, 2.24) is 14.7 Å². The fraction of sp³-hybridized carbons (Fsp3) is 0.650. The van der Waals surface area contributed by atoms with Crippen LogP contribution in [-0.4, -0.2) is 91.3 Å². The number of hydrogen-bond acceptors (Lipinski definition) is 5. The van der Waals surface area contributed by atoms with E-state index in [4.69, 9.17) is 9.47 Å². The number of morpholine rings is 1. The van der Waals surface area contributed by atoms with Crippen LogP contribution in [0.3, 0.4) is 0 Å². The van der Waals surface area contributed by atoms with Gasteiger partial charge < -0.3 is 14.4 Å². The minimum atomic E-state index is 0.0824. The van der Waals surface area contributed by atoms with Crippen LogP contribution in [0, 0.1) is 0 Å². The molecule has 1 atom stereocenters. The first-order valence-corrected chi connectivity index (χ1v) is 9.54. The zero-order valence-corrected chi connectivity index (χ0v) is 16.0. The predicted molar refractivity (Wildman–Crippen MR) is 99.7 cm³/mol. The Hall–Kier alpha value is -1.63. The van der Waals surface area contributed by atoms with E-state index in [0.717, 1.165) is 57.3 Å². The van der Waals surface area contributed by atoms with E-state index < -0.39 is 0 Å². The summed E-state index contributed by atoms with van der Waals surface area (Å²) in [6.07, 6.45) is 0. The van der Waals surface area contributed by atoms with Crippen LogP contribution in [0.15, 0.2) is 24.3 Å². The molecule has 0 N–H and O–H groups in total.